The lowest BCUT2D eigenvalue weighted by atomic mass is 10.2. The van der Waals surface area contributed by atoms with Crippen LogP contribution in [0.4, 0.5) is 11.5 Å². The Kier molecular flexibility index (Phi) is 4.77. The summed E-state index contributed by atoms with van der Waals surface area (Å²) in [6.07, 6.45) is 1.53. The van der Waals surface area contributed by atoms with Gasteiger partial charge in [0.25, 0.3) is 0 Å². The Balaban J connectivity index is 2.20. The number of nitrogens with one attached hydrogen (secondary N) is 1. The molecule has 0 amide bonds. The Morgan fingerprint density at radius 1 is 1.40 bits per heavy atom. The highest BCUT2D eigenvalue weighted by Crippen LogP contribution is 2.27. The van der Waals surface area contributed by atoms with E-state index in [-0.39, 0.29) is 0 Å². The first-order valence-electron chi connectivity index (χ1n) is 5.99. The molecule has 1 aromatic heterocycles. The third-order valence-corrected chi connectivity index (χ3v) is 2.88. The summed E-state index contributed by atoms with van der Waals surface area (Å²) in [5, 5.41) is 12.3. The van der Waals surface area contributed by atoms with Crippen LogP contribution in [0.5, 0.6) is 5.75 Å². The Morgan fingerprint density at radius 2 is 2.25 bits per heavy atom. The fourth-order valence-electron chi connectivity index (χ4n) is 1.59. The predicted molar refractivity (Wildman–Crippen MR) is 78.2 cm³/mol. The summed E-state index contributed by atoms with van der Waals surface area (Å²) in [6.45, 7) is 0.904. The molecular formula is C14H13ClN4O. The van der Waals surface area contributed by atoms with Crippen LogP contribution in [0.3, 0.4) is 0 Å². The highest BCUT2D eigenvalue weighted by molar-refractivity contribution is 6.34. The standard InChI is InChI=1S/C14H13ClN4O/c15-13-10(9-17)4-6-18-14(13)19-11-2-1-3-12(8-11)20-7-5-16/h1-4,6,8H,5,7,16H2,(H,18,19). The molecule has 0 spiro atoms. The van der Waals surface area contributed by atoms with E-state index in [1.807, 2.05) is 30.3 Å². The number of aromatic nitrogens is 1. The molecule has 2 rings (SSSR count). The van der Waals surface area contributed by atoms with E-state index in [1.54, 1.807) is 6.07 Å². The number of hydrogen-bond acceptors (Lipinski definition) is 5. The summed E-state index contributed by atoms with van der Waals surface area (Å²) in [5.74, 6) is 1.13. The number of nitriles is 1. The molecule has 0 unspecified atom stereocenters. The van der Waals surface area contributed by atoms with Crippen molar-refractivity contribution in [1.82, 2.24) is 4.98 Å². The van der Waals surface area contributed by atoms with Gasteiger partial charge in [0.2, 0.25) is 0 Å². The summed E-state index contributed by atoms with van der Waals surface area (Å²) in [6, 6.07) is 10.9. The van der Waals surface area contributed by atoms with Gasteiger partial charge in [0.05, 0.1) is 5.56 Å². The minimum Gasteiger partial charge on any atom is -0.492 e. The zero-order chi connectivity index (χ0) is 14.4. The second-order valence-electron chi connectivity index (χ2n) is 3.92. The Morgan fingerprint density at radius 3 is 3.00 bits per heavy atom. The smallest absolute Gasteiger partial charge is 0.150 e. The van der Waals surface area contributed by atoms with E-state index in [2.05, 4.69) is 10.3 Å². The van der Waals surface area contributed by atoms with Gasteiger partial charge in [-0.1, -0.05) is 17.7 Å². The Hall–Kier alpha value is -2.29. The normalized spacial score (nSPS) is 9.85. The van der Waals surface area contributed by atoms with Gasteiger partial charge in [-0.15, -0.1) is 0 Å². The van der Waals surface area contributed by atoms with Crippen molar-refractivity contribution in [3.63, 3.8) is 0 Å². The lowest BCUT2D eigenvalue weighted by Crippen LogP contribution is -2.10. The molecule has 20 heavy (non-hydrogen) atoms. The van der Waals surface area contributed by atoms with Crippen LogP contribution in [0, 0.1) is 11.3 Å². The monoisotopic (exact) mass is 288 g/mol. The van der Waals surface area contributed by atoms with Gasteiger partial charge in [-0.3, -0.25) is 0 Å². The number of pyridine rings is 1. The molecule has 102 valence electrons. The molecule has 5 nitrogen and oxygen atoms in total. The average molecular weight is 289 g/mol. The van der Waals surface area contributed by atoms with Crippen LogP contribution < -0.4 is 15.8 Å². The molecule has 0 saturated heterocycles. The summed E-state index contributed by atoms with van der Waals surface area (Å²) in [5.41, 5.74) is 6.53. The van der Waals surface area contributed by atoms with Crippen LogP contribution in [-0.4, -0.2) is 18.1 Å². The largest absolute Gasteiger partial charge is 0.492 e. The minimum atomic E-state index is 0.295. The van der Waals surface area contributed by atoms with E-state index in [9.17, 15) is 0 Å². The Bertz CT molecular complexity index is 639. The lowest BCUT2D eigenvalue weighted by Gasteiger charge is -2.10. The van der Waals surface area contributed by atoms with Gasteiger partial charge in [-0.2, -0.15) is 5.26 Å². The number of anilines is 2. The summed E-state index contributed by atoms with van der Waals surface area (Å²) < 4.78 is 5.44. The zero-order valence-electron chi connectivity index (χ0n) is 10.6. The summed E-state index contributed by atoms with van der Waals surface area (Å²) in [4.78, 5) is 4.12. The van der Waals surface area contributed by atoms with E-state index in [4.69, 9.17) is 27.3 Å². The summed E-state index contributed by atoms with van der Waals surface area (Å²) >= 11 is 6.09. The minimum absolute atomic E-state index is 0.295. The number of nitrogens with two attached hydrogens (primary N) is 1. The van der Waals surface area contributed by atoms with Gasteiger partial charge < -0.3 is 15.8 Å². The maximum absolute atomic E-state index is 8.93. The van der Waals surface area contributed by atoms with E-state index < -0.39 is 0 Å². The number of hydrogen-bond donors (Lipinski definition) is 2. The molecule has 0 radical (unpaired) electrons. The molecule has 0 aliphatic heterocycles. The molecule has 0 bridgehead atoms. The van der Waals surface area contributed by atoms with Crippen LogP contribution in [0.15, 0.2) is 36.5 Å². The number of benzene rings is 1. The molecule has 0 aliphatic rings. The number of rotatable bonds is 5. The van der Waals surface area contributed by atoms with Crippen LogP contribution in [0.25, 0.3) is 0 Å². The summed E-state index contributed by atoms with van der Waals surface area (Å²) in [7, 11) is 0. The van der Waals surface area contributed by atoms with Crippen LogP contribution in [-0.2, 0) is 0 Å². The van der Waals surface area contributed by atoms with Crippen molar-refractivity contribution in [2.45, 2.75) is 0 Å². The van der Waals surface area contributed by atoms with Gasteiger partial charge in [0.15, 0.2) is 5.82 Å². The van der Waals surface area contributed by atoms with Crippen LogP contribution >= 0.6 is 11.6 Å². The molecule has 1 aromatic carbocycles. The van der Waals surface area contributed by atoms with Crippen molar-refractivity contribution in [2.75, 3.05) is 18.5 Å². The SMILES string of the molecule is N#Cc1ccnc(Nc2cccc(OCCN)c2)c1Cl. The van der Waals surface area contributed by atoms with Crippen molar-refractivity contribution in [3.05, 3.63) is 47.1 Å². The van der Waals surface area contributed by atoms with Crippen LogP contribution in [0.1, 0.15) is 5.56 Å². The van der Waals surface area contributed by atoms with Gasteiger partial charge >= 0.3 is 0 Å². The van der Waals surface area contributed by atoms with Gasteiger partial charge in [0.1, 0.15) is 23.4 Å². The van der Waals surface area contributed by atoms with Gasteiger partial charge in [-0.05, 0) is 18.2 Å². The quantitative estimate of drug-likeness (QED) is 0.883. The third kappa shape index (κ3) is 3.38. The van der Waals surface area contributed by atoms with Gasteiger partial charge in [0, 0.05) is 24.5 Å². The van der Waals surface area contributed by atoms with E-state index in [0.29, 0.717) is 35.3 Å². The van der Waals surface area contributed by atoms with Crippen molar-refractivity contribution in [1.29, 1.82) is 5.26 Å². The van der Waals surface area contributed by atoms with E-state index in [0.717, 1.165) is 5.69 Å². The number of ether oxygens (including phenoxy) is 1. The first kappa shape index (κ1) is 14.1. The third-order valence-electron chi connectivity index (χ3n) is 2.49. The maximum atomic E-state index is 8.93. The highest BCUT2D eigenvalue weighted by atomic mass is 35.5. The highest BCUT2D eigenvalue weighted by Gasteiger charge is 2.07. The molecule has 0 atom stereocenters. The molecule has 6 heteroatoms. The molecule has 3 N–H and O–H groups in total. The zero-order valence-corrected chi connectivity index (χ0v) is 11.4. The topological polar surface area (TPSA) is 84.0 Å². The molecule has 1 heterocycles. The van der Waals surface area contributed by atoms with Crippen molar-refractivity contribution >= 4 is 23.1 Å². The van der Waals surface area contributed by atoms with E-state index >= 15 is 0 Å². The lowest BCUT2D eigenvalue weighted by molar-refractivity contribution is 0.328. The second-order valence-corrected chi connectivity index (χ2v) is 4.30. The molecule has 2 aromatic rings. The first-order valence-corrected chi connectivity index (χ1v) is 6.37. The molecule has 0 fully saturated rings. The Labute approximate surface area is 122 Å². The van der Waals surface area contributed by atoms with Crippen molar-refractivity contribution in [3.8, 4) is 11.8 Å². The number of halogens is 1. The molecule has 0 saturated carbocycles. The van der Waals surface area contributed by atoms with Crippen LogP contribution in [0.2, 0.25) is 5.02 Å². The average Bonchev–Trinajstić information content (AvgIpc) is 2.48. The molecular weight excluding hydrogens is 276 g/mol. The first-order chi connectivity index (χ1) is 9.74. The van der Waals surface area contributed by atoms with Crippen molar-refractivity contribution in [2.24, 2.45) is 5.73 Å². The fourth-order valence-corrected chi connectivity index (χ4v) is 1.80. The maximum Gasteiger partial charge on any atom is 0.150 e. The van der Waals surface area contributed by atoms with Gasteiger partial charge in [-0.25, -0.2) is 4.98 Å². The second kappa shape index (κ2) is 6.75. The number of nitrogens with zero attached hydrogens (tertiary/aromatic N) is 2. The fraction of sp³-hybridized carbons (Fsp3) is 0.143. The van der Waals surface area contributed by atoms with Crippen molar-refractivity contribution < 1.29 is 4.74 Å². The van der Waals surface area contributed by atoms with E-state index in [1.165, 1.54) is 6.20 Å². The predicted octanol–water partition coefficient (Wildman–Crippen LogP) is 2.69. The molecule has 0 aliphatic carbocycles.